The van der Waals surface area contributed by atoms with E-state index in [9.17, 15) is 4.79 Å². The summed E-state index contributed by atoms with van der Waals surface area (Å²) in [7, 11) is 0. The summed E-state index contributed by atoms with van der Waals surface area (Å²) in [6.07, 6.45) is 0. The number of aryl methyl sites for hydroxylation is 1. The van der Waals surface area contributed by atoms with Gasteiger partial charge >= 0.3 is 0 Å². The summed E-state index contributed by atoms with van der Waals surface area (Å²) < 4.78 is 0. The van der Waals surface area contributed by atoms with Crippen LogP contribution < -0.4 is 11.3 Å². The van der Waals surface area contributed by atoms with E-state index in [2.05, 4.69) is 9.97 Å². The number of rotatable bonds is 0. The Hall–Kier alpha value is -2.36. The van der Waals surface area contributed by atoms with E-state index in [-0.39, 0.29) is 11.5 Å². The summed E-state index contributed by atoms with van der Waals surface area (Å²) in [5.41, 5.74) is 7.09. The number of anilines is 1. The molecule has 0 amide bonds. The topological polar surface area (TPSA) is 71.8 Å². The van der Waals surface area contributed by atoms with Gasteiger partial charge in [0.05, 0.1) is 10.9 Å². The number of aromatic nitrogens is 2. The second-order valence-electron chi connectivity index (χ2n) is 4.08. The lowest BCUT2D eigenvalue weighted by atomic mass is 10.0. The minimum Gasteiger partial charge on any atom is -0.369 e. The molecule has 3 rings (SSSR count). The van der Waals surface area contributed by atoms with Crippen molar-refractivity contribution in [1.29, 1.82) is 0 Å². The Morgan fingerprint density at radius 1 is 1.24 bits per heavy atom. The number of hydrogen-bond acceptors (Lipinski definition) is 3. The normalized spacial score (nSPS) is 11.1. The summed E-state index contributed by atoms with van der Waals surface area (Å²) in [4.78, 5) is 18.7. The number of benzene rings is 2. The van der Waals surface area contributed by atoms with Gasteiger partial charge in [-0.25, -0.2) is 4.98 Å². The maximum atomic E-state index is 11.9. The summed E-state index contributed by atoms with van der Waals surface area (Å²) in [6.45, 7) is 2.00. The predicted molar refractivity (Wildman–Crippen MR) is 69.0 cm³/mol. The van der Waals surface area contributed by atoms with Crippen LogP contribution in [-0.2, 0) is 0 Å². The largest absolute Gasteiger partial charge is 0.369 e. The van der Waals surface area contributed by atoms with Crippen molar-refractivity contribution in [2.24, 2.45) is 0 Å². The third-order valence-electron chi connectivity index (χ3n) is 2.94. The van der Waals surface area contributed by atoms with Gasteiger partial charge in [0.2, 0.25) is 5.95 Å². The van der Waals surface area contributed by atoms with Crippen molar-refractivity contribution in [2.75, 3.05) is 5.73 Å². The van der Waals surface area contributed by atoms with Crippen molar-refractivity contribution >= 4 is 27.6 Å². The summed E-state index contributed by atoms with van der Waals surface area (Å²) in [6, 6.07) is 9.69. The molecule has 3 aromatic rings. The van der Waals surface area contributed by atoms with Gasteiger partial charge in [-0.3, -0.25) is 9.78 Å². The zero-order valence-corrected chi connectivity index (χ0v) is 9.32. The molecule has 0 saturated heterocycles. The van der Waals surface area contributed by atoms with Gasteiger partial charge in [0, 0.05) is 0 Å². The quantitative estimate of drug-likeness (QED) is 0.574. The van der Waals surface area contributed by atoms with Gasteiger partial charge in [0.15, 0.2) is 0 Å². The van der Waals surface area contributed by atoms with Crippen molar-refractivity contribution in [3.63, 3.8) is 0 Å². The van der Waals surface area contributed by atoms with Crippen LogP contribution in [0.5, 0.6) is 0 Å². The average molecular weight is 225 g/mol. The highest BCUT2D eigenvalue weighted by Gasteiger charge is 2.08. The fourth-order valence-electron chi connectivity index (χ4n) is 2.20. The standard InChI is InChI=1S/C13H11N3O/c1-7-6-10-11(12(17)16-13(14)15-10)9-5-3-2-4-8(7)9/h2-6H,1H3,(H3,14,15,16,17). The number of nitrogens with one attached hydrogen (secondary N) is 1. The van der Waals surface area contributed by atoms with E-state index in [1.807, 2.05) is 37.3 Å². The molecule has 0 bridgehead atoms. The number of nitrogen functional groups attached to an aromatic ring is 1. The van der Waals surface area contributed by atoms with Gasteiger partial charge in [-0.15, -0.1) is 0 Å². The Labute approximate surface area is 97.1 Å². The third-order valence-corrected chi connectivity index (χ3v) is 2.94. The number of hydrogen-bond donors (Lipinski definition) is 2. The van der Waals surface area contributed by atoms with Crippen LogP contribution in [0.4, 0.5) is 5.95 Å². The number of aromatic amines is 1. The van der Waals surface area contributed by atoms with Crippen LogP contribution in [-0.4, -0.2) is 9.97 Å². The van der Waals surface area contributed by atoms with E-state index in [1.165, 1.54) is 0 Å². The predicted octanol–water partition coefficient (Wildman–Crippen LogP) is 1.97. The van der Waals surface area contributed by atoms with Gasteiger partial charge in [0.1, 0.15) is 0 Å². The number of fused-ring (bicyclic) bond motifs is 3. The fraction of sp³-hybridized carbons (Fsp3) is 0.0769. The molecule has 2 aromatic carbocycles. The number of nitrogens with zero attached hydrogens (tertiary/aromatic N) is 1. The minimum absolute atomic E-state index is 0.150. The van der Waals surface area contributed by atoms with Crippen molar-refractivity contribution in [2.45, 2.75) is 6.92 Å². The van der Waals surface area contributed by atoms with Crippen molar-refractivity contribution in [3.8, 4) is 0 Å². The van der Waals surface area contributed by atoms with Crippen LogP contribution >= 0.6 is 0 Å². The van der Waals surface area contributed by atoms with Gasteiger partial charge in [-0.1, -0.05) is 24.3 Å². The monoisotopic (exact) mass is 225 g/mol. The van der Waals surface area contributed by atoms with Gasteiger partial charge in [-0.05, 0) is 29.3 Å². The highest BCUT2D eigenvalue weighted by atomic mass is 16.1. The van der Waals surface area contributed by atoms with E-state index in [4.69, 9.17) is 5.73 Å². The van der Waals surface area contributed by atoms with Gasteiger partial charge in [0.25, 0.3) is 5.56 Å². The molecule has 0 radical (unpaired) electrons. The maximum absolute atomic E-state index is 11.9. The molecule has 0 saturated carbocycles. The molecular formula is C13H11N3O. The molecule has 17 heavy (non-hydrogen) atoms. The van der Waals surface area contributed by atoms with Crippen LogP contribution in [0, 0.1) is 6.92 Å². The summed E-state index contributed by atoms with van der Waals surface area (Å²) >= 11 is 0. The molecular weight excluding hydrogens is 214 g/mol. The molecule has 4 nitrogen and oxygen atoms in total. The molecule has 0 aliphatic heterocycles. The van der Waals surface area contributed by atoms with Crippen LogP contribution in [0.25, 0.3) is 21.7 Å². The molecule has 4 heteroatoms. The molecule has 0 aliphatic rings. The first-order valence-electron chi connectivity index (χ1n) is 5.34. The molecule has 1 heterocycles. The first kappa shape index (κ1) is 9.84. The van der Waals surface area contributed by atoms with E-state index in [0.29, 0.717) is 10.9 Å². The highest BCUT2D eigenvalue weighted by Crippen LogP contribution is 2.24. The Balaban J connectivity index is 2.69. The lowest BCUT2D eigenvalue weighted by molar-refractivity contribution is 1.19. The molecule has 0 atom stereocenters. The highest BCUT2D eigenvalue weighted by molar-refractivity contribution is 6.07. The Morgan fingerprint density at radius 2 is 1.94 bits per heavy atom. The summed E-state index contributed by atoms with van der Waals surface area (Å²) in [5.74, 6) is 0.150. The van der Waals surface area contributed by atoms with Crippen LogP contribution in [0.15, 0.2) is 35.1 Å². The first-order valence-corrected chi connectivity index (χ1v) is 5.34. The Morgan fingerprint density at radius 3 is 2.71 bits per heavy atom. The van der Waals surface area contributed by atoms with E-state index < -0.39 is 0 Å². The lowest BCUT2D eigenvalue weighted by Crippen LogP contribution is -2.11. The molecule has 0 fully saturated rings. The second kappa shape index (κ2) is 3.31. The third kappa shape index (κ3) is 1.38. The molecule has 0 unspecified atom stereocenters. The maximum Gasteiger partial charge on any atom is 0.260 e. The lowest BCUT2D eigenvalue weighted by Gasteiger charge is -2.06. The van der Waals surface area contributed by atoms with Crippen molar-refractivity contribution in [3.05, 3.63) is 46.2 Å². The summed E-state index contributed by atoms with van der Waals surface area (Å²) in [5, 5.41) is 2.58. The van der Waals surface area contributed by atoms with Crippen molar-refractivity contribution in [1.82, 2.24) is 9.97 Å². The number of H-pyrrole nitrogens is 1. The molecule has 84 valence electrons. The SMILES string of the molecule is Cc1cc2nc(N)[nH]c(=O)c2c2ccccc12. The van der Waals surface area contributed by atoms with Crippen molar-refractivity contribution < 1.29 is 0 Å². The fourth-order valence-corrected chi connectivity index (χ4v) is 2.20. The van der Waals surface area contributed by atoms with E-state index in [1.54, 1.807) is 0 Å². The zero-order chi connectivity index (χ0) is 12.0. The molecule has 3 N–H and O–H groups in total. The van der Waals surface area contributed by atoms with Crippen LogP contribution in [0.1, 0.15) is 5.56 Å². The molecule has 0 aliphatic carbocycles. The number of nitrogens with two attached hydrogens (primary N) is 1. The molecule has 1 aromatic heterocycles. The van der Waals surface area contributed by atoms with E-state index in [0.717, 1.165) is 16.3 Å². The average Bonchev–Trinajstić information content (AvgIpc) is 2.28. The zero-order valence-electron chi connectivity index (χ0n) is 9.32. The first-order chi connectivity index (χ1) is 8.16. The molecule has 0 spiro atoms. The van der Waals surface area contributed by atoms with Crippen LogP contribution in [0.3, 0.4) is 0 Å². The van der Waals surface area contributed by atoms with Gasteiger partial charge < -0.3 is 5.73 Å². The Kier molecular flexibility index (Phi) is 1.92. The minimum atomic E-state index is -0.191. The van der Waals surface area contributed by atoms with Gasteiger partial charge in [-0.2, -0.15) is 0 Å². The Bertz CT molecular complexity index is 790. The second-order valence-corrected chi connectivity index (χ2v) is 4.08. The van der Waals surface area contributed by atoms with E-state index >= 15 is 0 Å². The van der Waals surface area contributed by atoms with Crippen LogP contribution in [0.2, 0.25) is 0 Å². The smallest absolute Gasteiger partial charge is 0.260 e.